The predicted octanol–water partition coefficient (Wildman–Crippen LogP) is 4.72. The van der Waals surface area contributed by atoms with Crippen molar-refractivity contribution in [2.75, 3.05) is 13.7 Å². The third-order valence-corrected chi connectivity index (χ3v) is 4.34. The maximum atomic E-state index is 12.6. The van der Waals surface area contributed by atoms with Crippen LogP contribution in [0.4, 0.5) is 26.3 Å². The van der Waals surface area contributed by atoms with E-state index < -0.39 is 24.7 Å². The van der Waals surface area contributed by atoms with E-state index in [9.17, 15) is 26.3 Å². The van der Waals surface area contributed by atoms with Crippen LogP contribution in [0.15, 0.2) is 34.6 Å². The molecule has 0 unspecified atom stereocenters. The fourth-order valence-corrected chi connectivity index (χ4v) is 2.87. The van der Waals surface area contributed by atoms with Gasteiger partial charge in [0.05, 0.1) is 13.2 Å². The Balaban J connectivity index is 0.00000450. The van der Waals surface area contributed by atoms with Crippen molar-refractivity contribution in [1.29, 1.82) is 0 Å². The number of aromatic nitrogens is 1. The molecule has 0 saturated heterocycles. The van der Waals surface area contributed by atoms with Gasteiger partial charge in [0.1, 0.15) is 11.6 Å². The lowest BCUT2D eigenvalue weighted by Gasteiger charge is -2.12. The molecule has 0 saturated carbocycles. The minimum absolute atomic E-state index is 0. The molecule has 5 nitrogen and oxygen atoms in total. The van der Waals surface area contributed by atoms with Crippen LogP contribution in [0, 0.1) is 0 Å². The first-order chi connectivity index (χ1) is 13.6. The number of alkyl halides is 6. The van der Waals surface area contributed by atoms with Gasteiger partial charge in [-0.25, -0.2) is 4.98 Å². The number of ether oxygens (including phenoxy) is 1. The Morgan fingerprint density at radius 2 is 1.63 bits per heavy atom. The predicted molar refractivity (Wildman–Crippen MR) is 112 cm³/mol. The molecule has 0 bridgehead atoms. The third kappa shape index (κ3) is 9.47. The maximum Gasteiger partial charge on any atom is 0.434 e. The minimum atomic E-state index is -4.47. The van der Waals surface area contributed by atoms with Gasteiger partial charge in [-0.15, -0.1) is 35.3 Å². The van der Waals surface area contributed by atoms with E-state index >= 15 is 0 Å². The van der Waals surface area contributed by atoms with E-state index in [4.69, 9.17) is 0 Å². The van der Waals surface area contributed by atoms with Gasteiger partial charge in [-0.2, -0.15) is 26.3 Å². The van der Waals surface area contributed by atoms with Crippen LogP contribution in [0.25, 0.3) is 0 Å². The first kappa shape index (κ1) is 26.4. The van der Waals surface area contributed by atoms with E-state index in [1.165, 1.54) is 7.05 Å². The topological polar surface area (TPSA) is 58.5 Å². The number of hydrogen-bond acceptors (Lipinski definition) is 4. The van der Waals surface area contributed by atoms with Crippen LogP contribution < -0.4 is 10.6 Å². The molecule has 13 heteroatoms. The average molecular weight is 568 g/mol. The Bertz CT molecular complexity index is 808. The van der Waals surface area contributed by atoms with Crippen molar-refractivity contribution < 1.29 is 31.1 Å². The summed E-state index contributed by atoms with van der Waals surface area (Å²) in [4.78, 5) is 7.50. The van der Waals surface area contributed by atoms with Gasteiger partial charge in [-0.1, -0.05) is 24.3 Å². The summed E-state index contributed by atoms with van der Waals surface area (Å²) >= 11 is 0.894. The van der Waals surface area contributed by atoms with Crippen LogP contribution in [0.1, 0.15) is 21.8 Å². The lowest BCUT2D eigenvalue weighted by molar-refractivity contribution is -0.176. The van der Waals surface area contributed by atoms with E-state index in [1.807, 2.05) is 0 Å². The lowest BCUT2D eigenvalue weighted by Crippen LogP contribution is -2.36. The quantitative estimate of drug-likeness (QED) is 0.220. The van der Waals surface area contributed by atoms with Gasteiger partial charge in [0, 0.05) is 19.0 Å². The van der Waals surface area contributed by atoms with Gasteiger partial charge in [0.25, 0.3) is 0 Å². The molecule has 0 aliphatic rings. The number of nitrogens with one attached hydrogen (secondary N) is 2. The molecular formula is C17H19F6IN4OS. The van der Waals surface area contributed by atoms with E-state index in [0.29, 0.717) is 18.1 Å². The number of nitrogens with zero attached hydrogens (tertiary/aromatic N) is 2. The summed E-state index contributed by atoms with van der Waals surface area (Å²) in [5.41, 5.74) is 0.507. The number of rotatable bonds is 7. The number of hydrogen-bond donors (Lipinski definition) is 2. The lowest BCUT2D eigenvalue weighted by atomic mass is 10.1. The number of benzene rings is 1. The summed E-state index contributed by atoms with van der Waals surface area (Å²) in [7, 11) is 1.51. The Morgan fingerprint density at radius 3 is 2.17 bits per heavy atom. The number of guanidine groups is 1. The van der Waals surface area contributed by atoms with Gasteiger partial charge in [0.2, 0.25) is 0 Å². The maximum absolute atomic E-state index is 12.6. The van der Waals surface area contributed by atoms with Crippen molar-refractivity contribution in [3.05, 3.63) is 51.5 Å². The van der Waals surface area contributed by atoms with Gasteiger partial charge in [-0.3, -0.25) is 4.99 Å². The summed E-state index contributed by atoms with van der Waals surface area (Å²) in [6.07, 6.45) is -8.84. The van der Waals surface area contributed by atoms with Gasteiger partial charge < -0.3 is 15.4 Å². The zero-order valence-corrected chi connectivity index (χ0v) is 18.7. The molecular weight excluding hydrogens is 549 g/mol. The van der Waals surface area contributed by atoms with Crippen molar-refractivity contribution in [1.82, 2.24) is 15.6 Å². The number of aliphatic imine (C=N–C) groups is 1. The Kier molecular flexibility index (Phi) is 10.3. The first-order valence-electron chi connectivity index (χ1n) is 8.25. The molecule has 2 N–H and O–H groups in total. The SMILES string of the molecule is CN=C(NCc1ccc(COCC(F)(F)F)cc1)NCc1nc(C(F)(F)F)cs1.I. The molecule has 0 spiro atoms. The average Bonchev–Trinajstić information content (AvgIpc) is 3.11. The summed E-state index contributed by atoms with van der Waals surface area (Å²) in [5.74, 6) is 0.367. The molecule has 0 fully saturated rings. The molecule has 0 atom stereocenters. The second-order valence-corrected chi connectivity index (χ2v) is 6.77. The van der Waals surface area contributed by atoms with Crippen LogP contribution in [0.5, 0.6) is 0 Å². The highest BCUT2D eigenvalue weighted by atomic mass is 127. The second-order valence-electron chi connectivity index (χ2n) is 5.83. The molecule has 1 heterocycles. The number of thiazole rings is 1. The van der Waals surface area contributed by atoms with Crippen LogP contribution >= 0.6 is 35.3 Å². The molecule has 0 radical (unpaired) electrons. The molecule has 1 aromatic heterocycles. The van der Waals surface area contributed by atoms with Gasteiger partial charge >= 0.3 is 12.4 Å². The van der Waals surface area contributed by atoms with Crippen molar-refractivity contribution in [3.63, 3.8) is 0 Å². The third-order valence-electron chi connectivity index (χ3n) is 3.49. The normalized spacial score (nSPS) is 12.4. The van der Waals surface area contributed by atoms with E-state index in [1.54, 1.807) is 24.3 Å². The van der Waals surface area contributed by atoms with Crippen LogP contribution in [-0.4, -0.2) is 30.8 Å². The number of halogens is 7. The van der Waals surface area contributed by atoms with Gasteiger partial charge in [-0.05, 0) is 11.1 Å². The van der Waals surface area contributed by atoms with Crippen molar-refractivity contribution in [2.24, 2.45) is 4.99 Å². The Labute approximate surface area is 190 Å². The summed E-state index contributed by atoms with van der Waals surface area (Å²) in [5, 5.41) is 7.07. The summed E-state index contributed by atoms with van der Waals surface area (Å²) < 4.78 is 78.4. The Hall–Kier alpha value is -1.61. The van der Waals surface area contributed by atoms with Crippen molar-refractivity contribution in [2.45, 2.75) is 32.0 Å². The summed E-state index contributed by atoms with van der Waals surface area (Å²) in [6.45, 7) is -1.02. The van der Waals surface area contributed by atoms with Gasteiger partial charge in [0.15, 0.2) is 11.7 Å². The highest BCUT2D eigenvalue weighted by Gasteiger charge is 2.33. The van der Waals surface area contributed by atoms with Crippen LogP contribution in [-0.2, 0) is 30.6 Å². The molecule has 0 aliphatic carbocycles. The molecule has 0 amide bonds. The van der Waals surface area contributed by atoms with E-state index in [0.717, 1.165) is 22.3 Å². The summed E-state index contributed by atoms with van der Waals surface area (Å²) in [6, 6.07) is 6.75. The molecule has 0 aliphatic heterocycles. The zero-order valence-electron chi connectivity index (χ0n) is 15.6. The molecule has 168 valence electrons. The Morgan fingerprint density at radius 1 is 1.03 bits per heavy atom. The largest absolute Gasteiger partial charge is 0.434 e. The molecule has 30 heavy (non-hydrogen) atoms. The monoisotopic (exact) mass is 568 g/mol. The van der Waals surface area contributed by atoms with Crippen molar-refractivity contribution in [3.8, 4) is 0 Å². The fourth-order valence-electron chi connectivity index (χ4n) is 2.13. The first-order valence-corrected chi connectivity index (χ1v) is 9.13. The minimum Gasteiger partial charge on any atom is -0.367 e. The van der Waals surface area contributed by atoms with Crippen LogP contribution in [0.3, 0.4) is 0 Å². The zero-order chi connectivity index (χ0) is 21.5. The second kappa shape index (κ2) is 11.7. The highest BCUT2D eigenvalue weighted by Crippen LogP contribution is 2.29. The molecule has 2 aromatic rings. The standard InChI is InChI=1S/C17H18F6N4OS.HI/c1-24-15(26-7-14-27-13(9-29-14)17(21,22)23)25-6-11-2-4-12(5-3-11)8-28-10-16(18,19)20;/h2-5,9H,6-8,10H2,1H3,(H2,24,25,26);1H. The van der Waals surface area contributed by atoms with E-state index in [2.05, 4.69) is 25.3 Å². The van der Waals surface area contributed by atoms with E-state index in [-0.39, 0.29) is 42.1 Å². The molecule has 1 aromatic carbocycles. The van der Waals surface area contributed by atoms with Crippen molar-refractivity contribution >= 4 is 41.3 Å². The molecule has 2 rings (SSSR count). The highest BCUT2D eigenvalue weighted by molar-refractivity contribution is 14.0. The van der Waals surface area contributed by atoms with Crippen LogP contribution in [0.2, 0.25) is 0 Å². The smallest absolute Gasteiger partial charge is 0.367 e. The fraction of sp³-hybridized carbons (Fsp3) is 0.412.